The van der Waals surface area contributed by atoms with Crippen LogP contribution in [0.2, 0.25) is 0 Å². The van der Waals surface area contributed by atoms with Crippen LogP contribution in [0.5, 0.6) is 0 Å². The van der Waals surface area contributed by atoms with Gasteiger partial charge in [0.05, 0.1) is 11.3 Å². The molecule has 0 atom stereocenters. The van der Waals surface area contributed by atoms with Crippen molar-refractivity contribution in [3.8, 4) is 0 Å². The molecule has 3 aromatic rings. The van der Waals surface area contributed by atoms with Gasteiger partial charge in [-0.1, -0.05) is 62.0 Å². The highest BCUT2D eigenvalue weighted by molar-refractivity contribution is 8.00. The average Bonchev–Trinajstić information content (AvgIpc) is 3.09. The highest BCUT2D eigenvalue weighted by Gasteiger charge is 2.24. The number of hydrogen-bond donors (Lipinski definition) is 0. The molecular formula is C21H21N3OS. The lowest BCUT2D eigenvalue weighted by Gasteiger charge is -2.17. The number of benzene rings is 2. The summed E-state index contributed by atoms with van der Waals surface area (Å²) >= 11 is 1.51. The molecule has 1 aromatic heterocycles. The minimum atomic E-state index is 0.133. The fourth-order valence-electron chi connectivity index (χ4n) is 3.24. The molecule has 1 aliphatic heterocycles. The Hall–Kier alpha value is -2.40. The molecule has 0 saturated carbocycles. The number of rotatable bonds is 4. The van der Waals surface area contributed by atoms with Gasteiger partial charge in [0.1, 0.15) is 10.9 Å². The van der Waals surface area contributed by atoms with Gasteiger partial charge in [-0.05, 0) is 24.1 Å². The zero-order valence-electron chi connectivity index (χ0n) is 15.0. The van der Waals surface area contributed by atoms with Crippen molar-refractivity contribution in [3.63, 3.8) is 0 Å². The number of para-hydroxylation sites is 2. The summed E-state index contributed by atoms with van der Waals surface area (Å²) in [5, 5.41) is 1.90. The average molecular weight is 363 g/mol. The van der Waals surface area contributed by atoms with Gasteiger partial charge in [-0.3, -0.25) is 4.79 Å². The van der Waals surface area contributed by atoms with Gasteiger partial charge in [0.25, 0.3) is 0 Å². The summed E-state index contributed by atoms with van der Waals surface area (Å²) < 4.78 is 0. The van der Waals surface area contributed by atoms with Crippen LogP contribution in [-0.2, 0) is 11.2 Å². The third-order valence-corrected chi connectivity index (χ3v) is 5.60. The first-order chi connectivity index (χ1) is 12.6. The molecule has 1 aliphatic rings. The van der Waals surface area contributed by atoms with Crippen molar-refractivity contribution in [2.24, 2.45) is 0 Å². The predicted octanol–water partition coefficient (Wildman–Crippen LogP) is 4.43. The van der Waals surface area contributed by atoms with Crippen molar-refractivity contribution in [3.05, 3.63) is 59.9 Å². The van der Waals surface area contributed by atoms with E-state index in [1.807, 2.05) is 47.4 Å². The van der Waals surface area contributed by atoms with Crippen molar-refractivity contribution in [1.82, 2.24) is 9.97 Å². The van der Waals surface area contributed by atoms with E-state index in [9.17, 15) is 4.79 Å². The molecule has 1 amide bonds. The maximum absolute atomic E-state index is 12.8. The number of nitrogens with zero attached hydrogens (tertiary/aromatic N) is 3. The van der Waals surface area contributed by atoms with Crippen LogP contribution in [0.3, 0.4) is 0 Å². The molecule has 2 aromatic carbocycles. The summed E-state index contributed by atoms with van der Waals surface area (Å²) in [6, 6.07) is 16.2. The zero-order chi connectivity index (χ0) is 18.1. The summed E-state index contributed by atoms with van der Waals surface area (Å²) in [4.78, 5) is 24.1. The van der Waals surface area contributed by atoms with Crippen LogP contribution in [0.1, 0.15) is 31.2 Å². The largest absolute Gasteiger partial charge is 0.311 e. The van der Waals surface area contributed by atoms with Crippen LogP contribution < -0.4 is 4.90 Å². The Bertz CT molecular complexity index is 970. The van der Waals surface area contributed by atoms with Gasteiger partial charge in [-0.25, -0.2) is 9.97 Å². The van der Waals surface area contributed by atoms with E-state index >= 15 is 0 Å². The summed E-state index contributed by atoms with van der Waals surface area (Å²) in [5.41, 5.74) is 3.24. The van der Waals surface area contributed by atoms with Crippen molar-refractivity contribution in [1.29, 1.82) is 0 Å². The number of anilines is 1. The summed E-state index contributed by atoms with van der Waals surface area (Å²) in [6.45, 7) is 4.94. The smallest absolute Gasteiger partial charge is 0.237 e. The third kappa shape index (κ3) is 3.19. The maximum Gasteiger partial charge on any atom is 0.237 e. The molecule has 0 N–H and O–H groups in total. The molecule has 0 fully saturated rings. The van der Waals surface area contributed by atoms with E-state index in [0.717, 1.165) is 40.4 Å². The van der Waals surface area contributed by atoms with Gasteiger partial charge in [0.2, 0.25) is 5.91 Å². The monoisotopic (exact) mass is 363 g/mol. The second-order valence-electron chi connectivity index (χ2n) is 6.77. The lowest BCUT2D eigenvalue weighted by atomic mass is 10.2. The third-order valence-electron chi connectivity index (χ3n) is 4.62. The number of amides is 1. The van der Waals surface area contributed by atoms with Crippen LogP contribution >= 0.6 is 11.8 Å². The molecule has 5 heteroatoms. The van der Waals surface area contributed by atoms with Crippen molar-refractivity contribution in [2.45, 2.75) is 31.2 Å². The first-order valence-corrected chi connectivity index (χ1v) is 9.90. The molecule has 2 heterocycles. The van der Waals surface area contributed by atoms with Gasteiger partial charge in [0.15, 0.2) is 0 Å². The zero-order valence-corrected chi connectivity index (χ0v) is 15.8. The Morgan fingerprint density at radius 3 is 2.73 bits per heavy atom. The first kappa shape index (κ1) is 17.0. The highest BCUT2D eigenvalue weighted by Crippen LogP contribution is 2.30. The molecule has 0 spiro atoms. The van der Waals surface area contributed by atoms with Crippen LogP contribution in [0.4, 0.5) is 5.69 Å². The Morgan fingerprint density at radius 1 is 1.12 bits per heavy atom. The van der Waals surface area contributed by atoms with Crippen molar-refractivity contribution < 1.29 is 4.79 Å². The molecule has 4 nitrogen and oxygen atoms in total. The predicted molar refractivity (Wildman–Crippen MR) is 107 cm³/mol. The van der Waals surface area contributed by atoms with Crippen molar-refractivity contribution >= 4 is 34.3 Å². The molecule has 4 rings (SSSR count). The molecule has 0 unspecified atom stereocenters. The molecule has 0 aliphatic carbocycles. The van der Waals surface area contributed by atoms with E-state index in [0.29, 0.717) is 5.75 Å². The Morgan fingerprint density at radius 2 is 1.88 bits per heavy atom. The Balaban J connectivity index is 1.57. The summed E-state index contributed by atoms with van der Waals surface area (Å²) in [6.07, 6.45) is 0.931. The number of fused-ring (bicyclic) bond motifs is 2. The number of aromatic nitrogens is 2. The topological polar surface area (TPSA) is 46.1 Å². The van der Waals surface area contributed by atoms with Crippen LogP contribution in [0.25, 0.3) is 10.9 Å². The fraction of sp³-hybridized carbons (Fsp3) is 0.286. The molecular weight excluding hydrogens is 342 g/mol. The Labute approximate surface area is 157 Å². The standard InChI is InChI=1S/C21H21N3OS/c1-14(2)20-22-17-9-5-4-8-16(17)21(23-20)26-13-19(25)24-12-11-15-7-3-6-10-18(15)24/h3-10,14H,11-13H2,1-2H3. The van der Waals surface area contributed by atoms with Gasteiger partial charge >= 0.3 is 0 Å². The lowest BCUT2D eigenvalue weighted by Crippen LogP contribution is -2.30. The summed E-state index contributed by atoms with van der Waals surface area (Å²) in [7, 11) is 0. The van der Waals surface area contributed by atoms with E-state index in [-0.39, 0.29) is 11.8 Å². The SMILES string of the molecule is CC(C)c1nc(SCC(=O)N2CCc3ccccc32)c2ccccc2n1. The second-order valence-corrected chi connectivity index (χ2v) is 7.74. The van der Waals surface area contributed by atoms with Gasteiger partial charge in [-0.2, -0.15) is 0 Å². The minimum Gasteiger partial charge on any atom is -0.311 e. The number of thioether (sulfide) groups is 1. The van der Waals surface area contributed by atoms with Gasteiger partial charge in [0, 0.05) is 23.5 Å². The second kappa shape index (κ2) is 7.08. The molecule has 0 radical (unpaired) electrons. The summed E-state index contributed by atoms with van der Waals surface area (Å²) in [5.74, 6) is 1.59. The van der Waals surface area contributed by atoms with Gasteiger partial charge < -0.3 is 4.90 Å². The molecule has 26 heavy (non-hydrogen) atoms. The number of carbonyl (C=O) groups excluding carboxylic acids is 1. The van der Waals surface area contributed by atoms with Crippen LogP contribution in [-0.4, -0.2) is 28.2 Å². The first-order valence-electron chi connectivity index (χ1n) is 8.91. The molecule has 0 saturated heterocycles. The number of carbonyl (C=O) groups is 1. The minimum absolute atomic E-state index is 0.133. The normalized spacial score (nSPS) is 13.4. The van der Waals surface area contributed by atoms with Crippen LogP contribution in [0.15, 0.2) is 53.6 Å². The maximum atomic E-state index is 12.8. The highest BCUT2D eigenvalue weighted by atomic mass is 32.2. The van der Waals surface area contributed by atoms with E-state index in [1.54, 1.807) is 0 Å². The van der Waals surface area contributed by atoms with E-state index in [4.69, 9.17) is 4.98 Å². The van der Waals surface area contributed by atoms with Crippen molar-refractivity contribution in [2.75, 3.05) is 17.2 Å². The lowest BCUT2D eigenvalue weighted by molar-refractivity contribution is -0.116. The van der Waals surface area contributed by atoms with E-state index in [1.165, 1.54) is 17.3 Å². The molecule has 0 bridgehead atoms. The molecule has 132 valence electrons. The number of hydrogen-bond acceptors (Lipinski definition) is 4. The quantitative estimate of drug-likeness (QED) is 0.508. The van der Waals surface area contributed by atoms with Gasteiger partial charge in [-0.15, -0.1) is 0 Å². The van der Waals surface area contributed by atoms with E-state index in [2.05, 4.69) is 24.9 Å². The Kier molecular flexibility index (Phi) is 4.64. The van der Waals surface area contributed by atoms with Crippen LogP contribution in [0, 0.1) is 0 Å². The fourth-order valence-corrected chi connectivity index (χ4v) is 4.14. The van der Waals surface area contributed by atoms with E-state index < -0.39 is 0 Å².